The topological polar surface area (TPSA) is 89.8 Å². The van der Waals surface area contributed by atoms with Crippen LogP contribution in [-0.4, -0.2) is 35.4 Å². The van der Waals surface area contributed by atoms with Crippen molar-refractivity contribution in [3.8, 4) is 0 Å². The highest BCUT2D eigenvalue weighted by Crippen LogP contribution is 2.20. The third-order valence-corrected chi connectivity index (χ3v) is 4.09. The highest BCUT2D eigenvalue weighted by molar-refractivity contribution is 6.31. The first-order valence-corrected chi connectivity index (χ1v) is 8.14. The number of nitro benzene ring substituents is 1. The Hall–Kier alpha value is -2.93. The summed E-state index contributed by atoms with van der Waals surface area (Å²) in [5.41, 5.74) is 0.690. The molecule has 0 saturated carbocycles. The van der Waals surface area contributed by atoms with Crippen molar-refractivity contribution in [3.63, 3.8) is 0 Å². The van der Waals surface area contributed by atoms with Gasteiger partial charge in [0.05, 0.1) is 18.5 Å². The largest absolute Gasteiger partial charge is 0.469 e. The van der Waals surface area contributed by atoms with Gasteiger partial charge in [0.25, 0.3) is 11.6 Å². The van der Waals surface area contributed by atoms with Crippen LogP contribution < -0.4 is 0 Å². The molecular formula is C18H17ClN2O5. The van der Waals surface area contributed by atoms with Crippen molar-refractivity contribution < 1.29 is 19.2 Å². The fourth-order valence-electron chi connectivity index (χ4n) is 2.35. The van der Waals surface area contributed by atoms with Crippen molar-refractivity contribution in [1.82, 2.24) is 4.90 Å². The van der Waals surface area contributed by atoms with Crippen molar-refractivity contribution in [3.05, 3.63) is 74.8 Å². The zero-order chi connectivity index (χ0) is 19.1. The van der Waals surface area contributed by atoms with Crippen LogP contribution in [0.4, 0.5) is 5.69 Å². The lowest BCUT2D eigenvalue weighted by atomic mass is 10.1. The molecule has 2 aromatic carbocycles. The molecule has 0 aliphatic rings. The van der Waals surface area contributed by atoms with Gasteiger partial charge in [0.2, 0.25) is 0 Å². The Balaban J connectivity index is 2.28. The van der Waals surface area contributed by atoms with Gasteiger partial charge in [-0.3, -0.25) is 19.7 Å². The van der Waals surface area contributed by atoms with Crippen LogP contribution in [0.2, 0.25) is 5.02 Å². The number of carbonyl (C=O) groups is 2. The van der Waals surface area contributed by atoms with Crippen molar-refractivity contribution >= 4 is 29.2 Å². The number of carbonyl (C=O) groups excluding carboxylic acids is 2. The number of ether oxygens (including phenoxy) is 1. The molecule has 0 N–H and O–H groups in total. The van der Waals surface area contributed by atoms with Gasteiger partial charge in [-0.05, 0) is 17.7 Å². The van der Waals surface area contributed by atoms with E-state index < -0.39 is 16.8 Å². The summed E-state index contributed by atoms with van der Waals surface area (Å²) in [6, 6.07) is 12.5. The average Bonchev–Trinajstić information content (AvgIpc) is 2.65. The number of methoxy groups -OCH3 is 1. The number of benzene rings is 2. The predicted molar refractivity (Wildman–Crippen MR) is 95.9 cm³/mol. The smallest absolute Gasteiger partial charge is 0.307 e. The van der Waals surface area contributed by atoms with E-state index in [4.69, 9.17) is 11.6 Å². The Morgan fingerprint density at radius 1 is 1.19 bits per heavy atom. The van der Waals surface area contributed by atoms with E-state index in [1.807, 2.05) is 0 Å². The summed E-state index contributed by atoms with van der Waals surface area (Å²) in [5, 5.41) is 11.4. The van der Waals surface area contributed by atoms with Gasteiger partial charge in [0, 0.05) is 35.8 Å². The van der Waals surface area contributed by atoms with Crippen molar-refractivity contribution in [2.24, 2.45) is 0 Å². The van der Waals surface area contributed by atoms with Gasteiger partial charge >= 0.3 is 5.97 Å². The summed E-state index contributed by atoms with van der Waals surface area (Å²) < 4.78 is 4.62. The third-order valence-electron chi connectivity index (χ3n) is 3.72. The summed E-state index contributed by atoms with van der Waals surface area (Å²) in [7, 11) is 1.27. The van der Waals surface area contributed by atoms with Crippen LogP contribution in [0.5, 0.6) is 0 Å². The number of hydrogen-bond donors (Lipinski definition) is 0. The van der Waals surface area contributed by atoms with E-state index in [0.717, 1.165) is 0 Å². The maximum Gasteiger partial charge on any atom is 0.307 e. The van der Waals surface area contributed by atoms with Gasteiger partial charge in [-0.15, -0.1) is 0 Å². The lowest BCUT2D eigenvalue weighted by Crippen LogP contribution is -2.33. The highest BCUT2D eigenvalue weighted by atomic mass is 35.5. The minimum Gasteiger partial charge on any atom is -0.469 e. The van der Waals surface area contributed by atoms with E-state index in [1.54, 1.807) is 24.3 Å². The van der Waals surface area contributed by atoms with E-state index in [-0.39, 0.29) is 30.8 Å². The molecule has 0 fully saturated rings. The van der Waals surface area contributed by atoms with Crippen molar-refractivity contribution in [1.29, 1.82) is 0 Å². The van der Waals surface area contributed by atoms with Crippen molar-refractivity contribution in [2.75, 3.05) is 13.7 Å². The fraction of sp³-hybridized carbons (Fsp3) is 0.222. The molecule has 2 rings (SSSR count). The van der Waals surface area contributed by atoms with E-state index in [0.29, 0.717) is 10.6 Å². The summed E-state index contributed by atoms with van der Waals surface area (Å²) >= 11 is 6.16. The van der Waals surface area contributed by atoms with Crippen LogP contribution in [-0.2, 0) is 16.1 Å². The summed E-state index contributed by atoms with van der Waals surface area (Å²) in [4.78, 5) is 36.1. The maximum atomic E-state index is 12.8. The molecule has 0 aliphatic heterocycles. The molecule has 0 radical (unpaired) electrons. The SMILES string of the molecule is COC(=O)CCN(Cc1ccccc1Cl)C(=O)c1cccc([N+](=O)[O-])c1. The minimum atomic E-state index is -0.566. The molecule has 7 nitrogen and oxygen atoms in total. The van der Waals surface area contributed by atoms with E-state index >= 15 is 0 Å². The molecule has 0 bridgehead atoms. The number of esters is 1. The molecule has 0 spiro atoms. The summed E-state index contributed by atoms with van der Waals surface area (Å²) in [6.07, 6.45) is 0.00161. The Morgan fingerprint density at radius 2 is 1.92 bits per heavy atom. The van der Waals surface area contributed by atoms with Gasteiger partial charge in [0.15, 0.2) is 0 Å². The van der Waals surface area contributed by atoms with Gasteiger partial charge in [-0.2, -0.15) is 0 Å². The first kappa shape index (κ1) is 19.4. The van der Waals surface area contributed by atoms with Gasteiger partial charge in [0.1, 0.15) is 0 Å². The van der Waals surface area contributed by atoms with Crippen LogP contribution in [0.1, 0.15) is 22.3 Å². The van der Waals surface area contributed by atoms with Gasteiger partial charge in [-0.25, -0.2) is 0 Å². The quantitative estimate of drug-likeness (QED) is 0.419. The number of non-ortho nitro benzene ring substituents is 1. The lowest BCUT2D eigenvalue weighted by Gasteiger charge is -2.23. The fourth-order valence-corrected chi connectivity index (χ4v) is 2.54. The molecule has 0 atom stereocenters. The highest BCUT2D eigenvalue weighted by Gasteiger charge is 2.20. The molecule has 1 amide bonds. The molecule has 26 heavy (non-hydrogen) atoms. The van der Waals surface area contributed by atoms with E-state index in [2.05, 4.69) is 4.74 Å². The second kappa shape index (κ2) is 8.96. The van der Waals surface area contributed by atoms with Crippen LogP contribution in [0, 0.1) is 10.1 Å². The molecule has 0 heterocycles. The normalized spacial score (nSPS) is 10.2. The Labute approximate surface area is 155 Å². The second-order valence-corrected chi connectivity index (χ2v) is 5.86. The molecule has 0 unspecified atom stereocenters. The number of halogens is 1. The molecule has 0 aliphatic carbocycles. The Bertz CT molecular complexity index is 825. The van der Waals surface area contributed by atoms with Crippen molar-refractivity contribution in [2.45, 2.75) is 13.0 Å². The molecule has 2 aromatic rings. The minimum absolute atomic E-state index is 0.00161. The number of amides is 1. The predicted octanol–water partition coefficient (Wildman–Crippen LogP) is 3.45. The first-order chi connectivity index (χ1) is 12.4. The van der Waals surface area contributed by atoms with Gasteiger partial charge in [-0.1, -0.05) is 35.9 Å². The standard InChI is InChI=1S/C18H17ClN2O5/c1-26-17(22)9-10-20(12-14-5-2-3-8-16(14)19)18(23)13-6-4-7-15(11-13)21(24)25/h2-8,11H,9-10,12H2,1H3. The zero-order valence-corrected chi connectivity index (χ0v) is 14.8. The second-order valence-electron chi connectivity index (χ2n) is 5.45. The molecule has 8 heteroatoms. The monoisotopic (exact) mass is 376 g/mol. The number of rotatable bonds is 7. The summed E-state index contributed by atoms with van der Waals surface area (Å²) in [6.45, 7) is 0.262. The zero-order valence-electron chi connectivity index (χ0n) is 14.1. The van der Waals surface area contributed by atoms with E-state index in [9.17, 15) is 19.7 Å². The molecular weight excluding hydrogens is 360 g/mol. The lowest BCUT2D eigenvalue weighted by molar-refractivity contribution is -0.384. The molecule has 0 saturated heterocycles. The Morgan fingerprint density at radius 3 is 2.58 bits per heavy atom. The van der Waals surface area contributed by atoms with Crippen LogP contribution >= 0.6 is 11.6 Å². The van der Waals surface area contributed by atoms with E-state index in [1.165, 1.54) is 36.3 Å². The van der Waals surface area contributed by atoms with Crippen LogP contribution in [0.25, 0.3) is 0 Å². The number of nitro groups is 1. The maximum absolute atomic E-state index is 12.8. The van der Waals surface area contributed by atoms with Gasteiger partial charge < -0.3 is 9.64 Å². The summed E-state index contributed by atoms with van der Waals surface area (Å²) in [5.74, 6) is -0.890. The number of hydrogen-bond acceptors (Lipinski definition) is 5. The molecule has 0 aromatic heterocycles. The third kappa shape index (κ3) is 5.03. The van der Waals surface area contributed by atoms with Crippen LogP contribution in [0.15, 0.2) is 48.5 Å². The molecule has 136 valence electrons. The average molecular weight is 377 g/mol. The first-order valence-electron chi connectivity index (χ1n) is 7.76. The number of nitrogens with zero attached hydrogens (tertiary/aromatic N) is 2. The van der Waals surface area contributed by atoms with Crippen LogP contribution in [0.3, 0.4) is 0 Å². The Kier molecular flexibility index (Phi) is 6.68.